The Morgan fingerprint density at radius 3 is 2.60 bits per heavy atom. The number of carbonyl (C=O) groups excluding carboxylic acids is 1. The van der Waals surface area contributed by atoms with Gasteiger partial charge in [-0.15, -0.1) is 15.7 Å². The van der Waals surface area contributed by atoms with E-state index in [1.165, 1.54) is 11.4 Å². The summed E-state index contributed by atoms with van der Waals surface area (Å²) in [7, 11) is -7.89. The predicted octanol–water partition coefficient (Wildman–Crippen LogP) is 3.42. The van der Waals surface area contributed by atoms with E-state index in [2.05, 4.69) is 14.4 Å². The second kappa shape index (κ2) is 9.64. The lowest BCUT2D eigenvalue weighted by atomic mass is 9.59. The maximum Gasteiger partial charge on any atom is 0.287 e. The second-order valence-corrected chi connectivity index (χ2v) is 15.3. The van der Waals surface area contributed by atoms with Crippen molar-refractivity contribution < 1.29 is 31.1 Å². The number of aryl methyl sites for hydroxylation is 1. The van der Waals surface area contributed by atoms with Crippen molar-refractivity contribution in [3.05, 3.63) is 57.4 Å². The number of amidine groups is 1. The number of nitrogens with one attached hydrogen (secondary N) is 2. The molecule has 3 saturated carbocycles. The third-order valence-corrected chi connectivity index (χ3v) is 11.6. The molecule has 5 aliphatic rings. The van der Waals surface area contributed by atoms with Gasteiger partial charge in [-0.1, -0.05) is 12.1 Å². The van der Waals surface area contributed by atoms with E-state index in [0.717, 1.165) is 48.8 Å². The number of fused-ring (bicyclic) bond motifs is 3. The maximum absolute atomic E-state index is 14.1. The predicted molar refractivity (Wildman–Crippen MR) is 148 cm³/mol. The van der Waals surface area contributed by atoms with E-state index in [4.69, 9.17) is 0 Å². The van der Waals surface area contributed by atoms with Crippen LogP contribution in [-0.2, 0) is 37.9 Å². The number of rotatable bonds is 6. The third-order valence-electron chi connectivity index (χ3n) is 8.44. The lowest BCUT2D eigenvalue weighted by molar-refractivity contribution is -0.140. The molecule has 7 rings (SSSR count). The molecule has 1 aromatic carbocycles. The van der Waals surface area contributed by atoms with Crippen molar-refractivity contribution in [2.75, 3.05) is 11.6 Å². The van der Waals surface area contributed by atoms with Crippen molar-refractivity contribution in [3.63, 3.8) is 0 Å². The van der Waals surface area contributed by atoms with Crippen molar-refractivity contribution in [1.29, 1.82) is 0 Å². The van der Waals surface area contributed by atoms with Gasteiger partial charge in [-0.05, 0) is 67.0 Å². The zero-order valence-electron chi connectivity index (χ0n) is 21.8. The van der Waals surface area contributed by atoms with Crippen LogP contribution in [0.2, 0.25) is 0 Å². The minimum Gasteiger partial charge on any atom is -0.511 e. The molecule has 1 aromatic heterocycles. The van der Waals surface area contributed by atoms with Gasteiger partial charge >= 0.3 is 0 Å². The van der Waals surface area contributed by atoms with Gasteiger partial charge in [0.25, 0.3) is 15.9 Å². The minimum absolute atomic E-state index is 0.141. The molecule has 0 saturated heterocycles. The maximum atomic E-state index is 14.1. The number of hydrogen-bond acceptors (Lipinski definition) is 8. The number of sulfonamides is 2. The molecule has 14 heteroatoms. The molecule has 10 nitrogen and oxygen atoms in total. The normalized spacial score (nSPS) is 27.2. The summed E-state index contributed by atoms with van der Waals surface area (Å²) < 4.78 is 70.0. The van der Waals surface area contributed by atoms with Crippen LogP contribution in [0, 0.1) is 30.5 Å². The smallest absolute Gasteiger partial charge is 0.287 e. The van der Waals surface area contributed by atoms with E-state index in [0.29, 0.717) is 5.56 Å². The summed E-state index contributed by atoms with van der Waals surface area (Å²) in [5.74, 6) is -1.28. The molecule has 3 fully saturated rings. The van der Waals surface area contributed by atoms with Gasteiger partial charge in [-0.3, -0.25) is 4.79 Å². The monoisotopic (exact) mass is 608 g/mol. The number of amides is 1. The highest BCUT2D eigenvalue weighted by Gasteiger charge is 2.54. The SMILES string of the molecule is Cc1cc(CN2C(=O)C(C3=NS(=O)(=O)c4c(CNS(C)(=O)=O)csc4N3)=C(O)[C@@H]3C4CCC(CC4)[C@@H]32)ccc1F. The number of thiophene rings is 1. The van der Waals surface area contributed by atoms with Crippen molar-refractivity contribution in [2.24, 2.45) is 22.2 Å². The number of anilines is 1. The number of aliphatic hydroxyl groups is 1. The molecule has 3 N–H and O–H groups in total. The standard InChI is InChI=1S/C26H29FN4O6S3/c1-13-9-14(3-8-18(13)27)11-31-21-16-6-4-15(5-7-16)19(21)22(32)20(26(31)33)24-29-25-23(40(36,37)30-24)17(12-38-25)10-28-39(2,34)35/h3,8-9,12,15-16,19,21,28,32H,4-7,10-11H2,1-2H3,(H,29,30)/t15?,16?,19-,21+/m1/s1. The van der Waals surface area contributed by atoms with Crippen LogP contribution in [0.15, 0.2) is 44.2 Å². The van der Waals surface area contributed by atoms with Gasteiger partial charge < -0.3 is 15.3 Å². The molecule has 2 bridgehead atoms. The Kier molecular flexibility index (Phi) is 6.59. The number of aliphatic hydroxyl groups excluding tert-OH is 1. The Labute approximate surface area is 236 Å². The Balaban J connectivity index is 1.41. The van der Waals surface area contributed by atoms with E-state index in [1.54, 1.807) is 24.0 Å². The Hall–Kier alpha value is -2.81. The Morgan fingerprint density at radius 2 is 1.93 bits per heavy atom. The van der Waals surface area contributed by atoms with Crippen LogP contribution in [0.3, 0.4) is 0 Å². The van der Waals surface area contributed by atoms with E-state index in [-0.39, 0.29) is 75.3 Å². The van der Waals surface area contributed by atoms with Gasteiger partial charge in [0.05, 0.1) is 6.26 Å². The number of hydrogen-bond donors (Lipinski definition) is 3. The minimum atomic E-state index is -4.33. The first-order chi connectivity index (χ1) is 18.8. The summed E-state index contributed by atoms with van der Waals surface area (Å²) in [4.78, 5) is 15.6. The molecule has 3 aliphatic carbocycles. The molecular weight excluding hydrogens is 580 g/mol. The highest BCUT2D eigenvalue weighted by atomic mass is 32.2. The molecule has 0 spiro atoms. The summed E-state index contributed by atoms with van der Waals surface area (Å²) in [6.45, 7) is 1.61. The molecule has 3 heterocycles. The van der Waals surface area contributed by atoms with Crippen LogP contribution >= 0.6 is 11.3 Å². The van der Waals surface area contributed by atoms with E-state index >= 15 is 0 Å². The molecule has 0 radical (unpaired) electrons. The fourth-order valence-electron chi connectivity index (χ4n) is 6.69. The van der Waals surface area contributed by atoms with Crippen LogP contribution in [0.1, 0.15) is 42.4 Å². The topological polar surface area (TPSA) is 145 Å². The van der Waals surface area contributed by atoms with Crippen LogP contribution in [0.25, 0.3) is 0 Å². The fourth-order valence-corrected chi connectivity index (χ4v) is 9.72. The van der Waals surface area contributed by atoms with Crippen molar-refractivity contribution in [2.45, 2.75) is 56.6 Å². The first-order valence-electron chi connectivity index (χ1n) is 13.0. The Morgan fingerprint density at radius 1 is 1.23 bits per heavy atom. The molecule has 2 aromatic rings. The lowest BCUT2D eigenvalue weighted by Gasteiger charge is -2.54. The highest BCUT2D eigenvalue weighted by molar-refractivity contribution is 7.91. The zero-order chi connectivity index (χ0) is 28.6. The van der Waals surface area contributed by atoms with Crippen LogP contribution in [0.4, 0.5) is 9.39 Å². The van der Waals surface area contributed by atoms with Crippen molar-refractivity contribution in [3.8, 4) is 0 Å². The van der Waals surface area contributed by atoms with Crippen LogP contribution in [-0.4, -0.2) is 50.9 Å². The molecule has 2 atom stereocenters. The number of halogens is 1. The highest BCUT2D eigenvalue weighted by Crippen LogP contribution is 2.52. The molecule has 2 aliphatic heterocycles. The average molecular weight is 609 g/mol. The second-order valence-electron chi connectivity index (χ2n) is 11.0. The first-order valence-corrected chi connectivity index (χ1v) is 17.2. The fraction of sp³-hybridized carbons (Fsp3) is 0.462. The molecule has 0 unspecified atom stereocenters. The largest absolute Gasteiger partial charge is 0.511 e. The zero-order valence-corrected chi connectivity index (χ0v) is 24.3. The third kappa shape index (κ3) is 4.64. The first kappa shape index (κ1) is 27.4. The summed E-state index contributed by atoms with van der Waals surface area (Å²) in [6.07, 6.45) is 4.67. The summed E-state index contributed by atoms with van der Waals surface area (Å²) in [5, 5.41) is 16.2. The molecule has 214 valence electrons. The summed E-state index contributed by atoms with van der Waals surface area (Å²) >= 11 is 1.05. The van der Waals surface area contributed by atoms with Gasteiger partial charge in [0.1, 0.15) is 27.0 Å². The van der Waals surface area contributed by atoms with Gasteiger partial charge in [0.2, 0.25) is 10.0 Å². The molecule has 40 heavy (non-hydrogen) atoms. The van der Waals surface area contributed by atoms with E-state index in [9.17, 15) is 31.1 Å². The van der Waals surface area contributed by atoms with Gasteiger partial charge in [0.15, 0.2) is 5.84 Å². The van der Waals surface area contributed by atoms with Crippen LogP contribution in [0.5, 0.6) is 0 Å². The van der Waals surface area contributed by atoms with Gasteiger partial charge in [-0.2, -0.15) is 8.42 Å². The van der Waals surface area contributed by atoms with E-state index < -0.39 is 26.0 Å². The number of carbonyl (C=O) groups is 1. The number of benzene rings is 1. The molecular formula is C26H29FN4O6S3. The van der Waals surface area contributed by atoms with Crippen molar-refractivity contribution >= 4 is 48.1 Å². The molecule has 1 amide bonds. The average Bonchev–Trinajstić information content (AvgIpc) is 3.31. The van der Waals surface area contributed by atoms with Crippen LogP contribution < -0.4 is 10.0 Å². The summed E-state index contributed by atoms with van der Waals surface area (Å²) in [6, 6.07) is 4.45. The van der Waals surface area contributed by atoms with E-state index in [1.807, 2.05) is 0 Å². The summed E-state index contributed by atoms with van der Waals surface area (Å²) in [5.41, 5.74) is 1.25. The van der Waals surface area contributed by atoms with Crippen molar-refractivity contribution in [1.82, 2.24) is 9.62 Å². The van der Waals surface area contributed by atoms with Gasteiger partial charge in [-0.25, -0.2) is 17.5 Å². The number of nitrogens with zero attached hydrogens (tertiary/aromatic N) is 2. The lowest BCUT2D eigenvalue weighted by Crippen LogP contribution is -2.60. The quantitative estimate of drug-likeness (QED) is 0.456. The Bertz CT molecular complexity index is 1690. The van der Waals surface area contributed by atoms with Gasteiger partial charge in [0, 0.05) is 30.6 Å².